The summed E-state index contributed by atoms with van der Waals surface area (Å²) in [7, 11) is 0. The fourth-order valence-corrected chi connectivity index (χ4v) is 1.51. The molecular weight excluding hydrogens is 202 g/mol. The minimum absolute atomic E-state index is 0.507. The Balaban J connectivity index is 2.79. The molecular formula is C9H10ClN3O. The monoisotopic (exact) mass is 211 g/mol. The predicted molar refractivity (Wildman–Crippen MR) is 53.2 cm³/mol. The van der Waals surface area contributed by atoms with Crippen LogP contribution in [0.2, 0.25) is 5.15 Å². The van der Waals surface area contributed by atoms with Crippen LogP contribution in [0.15, 0.2) is 18.6 Å². The van der Waals surface area contributed by atoms with Crippen molar-refractivity contribution in [1.29, 1.82) is 0 Å². The zero-order chi connectivity index (χ0) is 10.3. The van der Waals surface area contributed by atoms with Crippen LogP contribution in [0.25, 0.3) is 5.65 Å². The largest absolute Gasteiger partial charge is 0.384 e. The van der Waals surface area contributed by atoms with Crippen molar-refractivity contribution in [2.75, 3.05) is 0 Å². The van der Waals surface area contributed by atoms with Crippen LogP contribution in [-0.2, 0) is 5.60 Å². The quantitative estimate of drug-likeness (QED) is 0.780. The maximum Gasteiger partial charge on any atom is 0.162 e. The van der Waals surface area contributed by atoms with Crippen LogP contribution in [0, 0.1) is 0 Å². The van der Waals surface area contributed by atoms with Crippen LogP contribution >= 0.6 is 11.6 Å². The summed E-state index contributed by atoms with van der Waals surface area (Å²) >= 11 is 5.89. The molecule has 0 saturated heterocycles. The highest BCUT2D eigenvalue weighted by Crippen LogP contribution is 2.23. The van der Waals surface area contributed by atoms with E-state index in [9.17, 15) is 5.11 Å². The highest BCUT2D eigenvalue weighted by Gasteiger charge is 2.22. The lowest BCUT2D eigenvalue weighted by atomic mass is 10.1. The molecule has 2 heterocycles. The first-order valence-corrected chi connectivity index (χ1v) is 4.58. The van der Waals surface area contributed by atoms with Crippen LogP contribution < -0.4 is 0 Å². The van der Waals surface area contributed by atoms with Crippen molar-refractivity contribution in [2.24, 2.45) is 0 Å². The molecule has 0 bridgehead atoms. The summed E-state index contributed by atoms with van der Waals surface area (Å²) < 4.78 is 1.68. The molecule has 0 aliphatic heterocycles. The Morgan fingerprint density at radius 1 is 1.43 bits per heavy atom. The molecule has 2 aromatic rings. The van der Waals surface area contributed by atoms with Gasteiger partial charge in [-0.2, -0.15) is 0 Å². The van der Waals surface area contributed by atoms with E-state index in [1.165, 1.54) is 6.20 Å². The number of aliphatic hydroxyl groups is 1. The third kappa shape index (κ3) is 1.36. The lowest BCUT2D eigenvalue weighted by Gasteiger charge is -2.16. The van der Waals surface area contributed by atoms with Gasteiger partial charge in [0.05, 0.1) is 6.20 Å². The summed E-state index contributed by atoms with van der Waals surface area (Å²) in [6.07, 6.45) is 4.83. The topological polar surface area (TPSA) is 50.4 Å². The third-order valence-corrected chi connectivity index (χ3v) is 2.24. The van der Waals surface area contributed by atoms with Gasteiger partial charge in [0, 0.05) is 12.4 Å². The average Bonchev–Trinajstić information content (AvgIpc) is 2.46. The van der Waals surface area contributed by atoms with E-state index in [0.29, 0.717) is 16.5 Å². The van der Waals surface area contributed by atoms with Crippen molar-refractivity contribution in [3.63, 3.8) is 0 Å². The molecule has 0 aliphatic carbocycles. The molecule has 1 N–H and O–H groups in total. The number of imidazole rings is 1. The Hall–Kier alpha value is -1.13. The van der Waals surface area contributed by atoms with E-state index < -0.39 is 5.60 Å². The lowest BCUT2D eigenvalue weighted by Crippen LogP contribution is -2.19. The van der Waals surface area contributed by atoms with Gasteiger partial charge in [0.25, 0.3) is 0 Å². The Bertz CT molecular complexity index is 472. The molecule has 0 radical (unpaired) electrons. The first-order valence-electron chi connectivity index (χ1n) is 4.20. The Kier molecular flexibility index (Phi) is 1.97. The Morgan fingerprint density at radius 2 is 2.14 bits per heavy atom. The maximum atomic E-state index is 9.84. The standard InChI is InChI=1S/C9H10ClN3O/c1-9(2,14)7-8-12-5-6(10)13(8)4-3-11-7/h3-5,14H,1-2H3. The van der Waals surface area contributed by atoms with E-state index in [1.807, 2.05) is 0 Å². The fourth-order valence-electron chi connectivity index (χ4n) is 1.32. The first-order chi connectivity index (χ1) is 6.50. The van der Waals surface area contributed by atoms with E-state index in [1.54, 1.807) is 30.6 Å². The van der Waals surface area contributed by atoms with Gasteiger partial charge in [-0.05, 0) is 13.8 Å². The van der Waals surface area contributed by atoms with Gasteiger partial charge in [0.1, 0.15) is 16.4 Å². The summed E-state index contributed by atoms with van der Waals surface area (Å²) in [6.45, 7) is 3.33. The highest BCUT2D eigenvalue weighted by atomic mass is 35.5. The molecule has 5 heteroatoms. The van der Waals surface area contributed by atoms with Crippen LogP contribution in [0.3, 0.4) is 0 Å². The van der Waals surface area contributed by atoms with Crippen molar-refractivity contribution in [1.82, 2.24) is 14.4 Å². The number of nitrogens with zero attached hydrogens (tertiary/aromatic N) is 3. The van der Waals surface area contributed by atoms with Gasteiger partial charge in [-0.25, -0.2) is 4.98 Å². The van der Waals surface area contributed by atoms with Gasteiger partial charge in [-0.1, -0.05) is 11.6 Å². The molecule has 0 fully saturated rings. The SMILES string of the molecule is CC(C)(O)c1nccn2c(Cl)cnc12. The minimum Gasteiger partial charge on any atom is -0.384 e. The Labute approximate surface area is 86.2 Å². The number of halogens is 1. The molecule has 14 heavy (non-hydrogen) atoms. The first kappa shape index (κ1) is 9.43. The molecule has 0 saturated carbocycles. The second-order valence-electron chi connectivity index (χ2n) is 3.61. The third-order valence-electron chi connectivity index (χ3n) is 1.96. The molecule has 0 amide bonds. The summed E-state index contributed by atoms with van der Waals surface area (Å²) in [5.41, 5.74) is 0.0916. The minimum atomic E-state index is -1.02. The average molecular weight is 212 g/mol. The molecule has 0 aliphatic rings. The van der Waals surface area contributed by atoms with Crippen LogP contribution in [0.4, 0.5) is 0 Å². The van der Waals surface area contributed by atoms with Crippen LogP contribution in [0.1, 0.15) is 19.5 Å². The highest BCUT2D eigenvalue weighted by molar-refractivity contribution is 6.29. The van der Waals surface area contributed by atoms with Gasteiger partial charge in [-0.3, -0.25) is 9.38 Å². The second kappa shape index (κ2) is 2.93. The molecule has 4 nitrogen and oxygen atoms in total. The van der Waals surface area contributed by atoms with Gasteiger partial charge in [-0.15, -0.1) is 0 Å². The second-order valence-corrected chi connectivity index (χ2v) is 4.00. The van der Waals surface area contributed by atoms with Gasteiger partial charge >= 0.3 is 0 Å². The van der Waals surface area contributed by atoms with Gasteiger partial charge in [0.15, 0.2) is 5.65 Å². The zero-order valence-corrected chi connectivity index (χ0v) is 8.65. The summed E-state index contributed by atoms with van der Waals surface area (Å²) in [4.78, 5) is 8.19. The lowest BCUT2D eigenvalue weighted by molar-refractivity contribution is 0.0749. The van der Waals surface area contributed by atoms with E-state index in [4.69, 9.17) is 11.6 Å². The summed E-state index contributed by atoms with van der Waals surface area (Å²) in [5, 5.41) is 10.3. The molecule has 0 aromatic carbocycles. The van der Waals surface area contributed by atoms with Crippen molar-refractivity contribution >= 4 is 17.2 Å². The van der Waals surface area contributed by atoms with Gasteiger partial charge in [0.2, 0.25) is 0 Å². The predicted octanol–water partition coefficient (Wildman–Crippen LogP) is 1.61. The molecule has 2 rings (SSSR count). The van der Waals surface area contributed by atoms with Crippen molar-refractivity contribution in [2.45, 2.75) is 19.4 Å². The van der Waals surface area contributed by atoms with E-state index in [-0.39, 0.29) is 0 Å². The normalized spacial score (nSPS) is 12.3. The van der Waals surface area contributed by atoms with Crippen molar-refractivity contribution in [3.05, 3.63) is 29.4 Å². The van der Waals surface area contributed by atoms with Crippen LogP contribution in [-0.4, -0.2) is 19.5 Å². The molecule has 0 atom stereocenters. The summed E-state index contributed by atoms with van der Waals surface area (Å²) in [6, 6.07) is 0. The zero-order valence-electron chi connectivity index (χ0n) is 7.90. The number of fused-ring (bicyclic) bond motifs is 1. The molecule has 2 aromatic heterocycles. The summed E-state index contributed by atoms with van der Waals surface area (Å²) in [5.74, 6) is 0. The molecule has 0 spiro atoms. The molecule has 0 unspecified atom stereocenters. The fraction of sp³-hybridized carbons (Fsp3) is 0.333. The maximum absolute atomic E-state index is 9.84. The van der Waals surface area contributed by atoms with E-state index >= 15 is 0 Å². The van der Waals surface area contributed by atoms with Gasteiger partial charge < -0.3 is 5.11 Å². The van der Waals surface area contributed by atoms with E-state index in [2.05, 4.69) is 9.97 Å². The number of hydrogen-bond donors (Lipinski definition) is 1. The Morgan fingerprint density at radius 3 is 2.79 bits per heavy atom. The van der Waals surface area contributed by atoms with Crippen LogP contribution in [0.5, 0.6) is 0 Å². The van der Waals surface area contributed by atoms with Crippen molar-refractivity contribution in [3.8, 4) is 0 Å². The molecule has 74 valence electrons. The van der Waals surface area contributed by atoms with E-state index in [0.717, 1.165) is 0 Å². The smallest absolute Gasteiger partial charge is 0.162 e. The number of aromatic nitrogens is 3. The number of rotatable bonds is 1. The van der Waals surface area contributed by atoms with Crippen molar-refractivity contribution < 1.29 is 5.11 Å². The number of hydrogen-bond acceptors (Lipinski definition) is 3.